The largest absolute Gasteiger partial charge is 0.248 e. The van der Waals surface area contributed by atoms with E-state index in [9.17, 15) is 0 Å². The van der Waals surface area contributed by atoms with Crippen molar-refractivity contribution in [3.8, 4) is 67.7 Å². The van der Waals surface area contributed by atoms with E-state index < -0.39 is 0 Å². The van der Waals surface area contributed by atoms with Crippen molar-refractivity contribution >= 4 is 53.2 Å². The Kier molecular flexibility index (Phi) is 7.97. The summed E-state index contributed by atoms with van der Waals surface area (Å²) in [6.07, 6.45) is 0. The maximum atomic E-state index is 5.43. The predicted octanol–water partition coefficient (Wildman–Crippen LogP) is 13.9. The quantitative estimate of drug-likeness (QED) is 0.159. The molecular formula is C52H32N4S. The number of aromatic nitrogens is 4. The van der Waals surface area contributed by atoms with E-state index in [1.165, 1.54) is 30.9 Å². The van der Waals surface area contributed by atoms with Crippen LogP contribution in [0.2, 0.25) is 0 Å². The third-order valence-corrected chi connectivity index (χ3v) is 11.9. The van der Waals surface area contributed by atoms with Crippen molar-refractivity contribution in [1.82, 2.24) is 19.9 Å². The van der Waals surface area contributed by atoms with Crippen molar-refractivity contribution in [3.05, 3.63) is 194 Å². The molecule has 0 N–H and O–H groups in total. The van der Waals surface area contributed by atoms with Crippen molar-refractivity contribution in [2.45, 2.75) is 0 Å². The van der Waals surface area contributed by atoms with E-state index in [0.29, 0.717) is 17.5 Å². The molecule has 0 aliphatic heterocycles. The first-order chi connectivity index (χ1) is 28.2. The van der Waals surface area contributed by atoms with Gasteiger partial charge in [0.2, 0.25) is 0 Å². The number of rotatable bonds is 6. The molecule has 57 heavy (non-hydrogen) atoms. The molecule has 0 bridgehead atoms. The number of pyridine rings is 1. The average molecular weight is 745 g/mol. The molecule has 0 saturated heterocycles. The summed E-state index contributed by atoms with van der Waals surface area (Å²) in [7, 11) is 0. The maximum Gasteiger partial charge on any atom is 0.164 e. The Morgan fingerprint density at radius 2 is 0.895 bits per heavy atom. The lowest BCUT2D eigenvalue weighted by Crippen LogP contribution is -2.00. The summed E-state index contributed by atoms with van der Waals surface area (Å²) in [4.78, 5) is 20.8. The molecule has 11 rings (SSSR count). The van der Waals surface area contributed by atoms with E-state index in [1.807, 2.05) is 72.0 Å². The number of benzene rings is 8. The molecule has 3 heterocycles. The summed E-state index contributed by atoms with van der Waals surface area (Å²) >= 11 is 1.83. The Bertz CT molecular complexity index is 3230. The molecule has 0 atom stereocenters. The predicted molar refractivity (Wildman–Crippen MR) is 238 cm³/mol. The molecule has 8 aromatic carbocycles. The Labute approximate surface area is 333 Å². The fourth-order valence-corrected chi connectivity index (χ4v) is 9.21. The number of thiophene rings is 1. The van der Waals surface area contributed by atoms with Gasteiger partial charge in [-0.25, -0.2) is 19.9 Å². The Hall–Kier alpha value is -7.34. The first kappa shape index (κ1) is 33.0. The van der Waals surface area contributed by atoms with Gasteiger partial charge in [0.25, 0.3) is 0 Å². The van der Waals surface area contributed by atoms with Crippen LogP contribution in [0.3, 0.4) is 0 Å². The van der Waals surface area contributed by atoms with Crippen molar-refractivity contribution in [2.75, 3.05) is 0 Å². The van der Waals surface area contributed by atoms with Crippen LogP contribution in [0, 0.1) is 0 Å². The molecule has 266 valence electrons. The van der Waals surface area contributed by atoms with Gasteiger partial charge in [0, 0.05) is 47.8 Å². The molecule has 0 radical (unpaired) electrons. The average Bonchev–Trinajstić information content (AvgIpc) is 3.68. The molecule has 0 fully saturated rings. The summed E-state index contributed by atoms with van der Waals surface area (Å²) < 4.78 is 2.51. The Morgan fingerprint density at radius 1 is 0.333 bits per heavy atom. The minimum absolute atomic E-state index is 0.601. The highest BCUT2D eigenvalue weighted by molar-refractivity contribution is 7.26. The van der Waals surface area contributed by atoms with Gasteiger partial charge in [-0.3, -0.25) is 0 Å². The van der Waals surface area contributed by atoms with E-state index in [4.69, 9.17) is 19.9 Å². The number of hydrogen-bond acceptors (Lipinski definition) is 5. The minimum Gasteiger partial charge on any atom is -0.248 e. The third-order valence-electron chi connectivity index (χ3n) is 10.7. The van der Waals surface area contributed by atoms with E-state index >= 15 is 0 Å². The van der Waals surface area contributed by atoms with E-state index in [-0.39, 0.29) is 0 Å². The fourth-order valence-electron chi connectivity index (χ4n) is 7.97. The van der Waals surface area contributed by atoms with E-state index in [2.05, 4.69) is 133 Å². The summed E-state index contributed by atoms with van der Waals surface area (Å²) in [5.74, 6) is 1.85. The molecule has 4 nitrogen and oxygen atoms in total. The Morgan fingerprint density at radius 3 is 1.61 bits per heavy atom. The number of hydrogen-bond donors (Lipinski definition) is 0. The zero-order valence-electron chi connectivity index (χ0n) is 30.7. The third kappa shape index (κ3) is 5.93. The summed E-state index contributed by atoms with van der Waals surface area (Å²) in [5, 5.41) is 6.04. The van der Waals surface area contributed by atoms with Gasteiger partial charge >= 0.3 is 0 Å². The highest BCUT2D eigenvalue weighted by Crippen LogP contribution is 2.43. The van der Waals surface area contributed by atoms with Gasteiger partial charge in [0.15, 0.2) is 17.5 Å². The molecule has 0 amide bonds. The van der Waals surface area contributed by atoms with Crippen molar-refractivity contribution in [1.29, 1.82) is 0 Å². The fraction of sp³-hybridized carbons (Fsp3) is 0. The summed E-state index contributed by atoms with van der Waals surface area (Å²) in [6, 6.07) is 68.1. The van der Waals surface area contributed by atoms with Crippen LogP contribution in [0.1, 0.15) is 0 Å². The highest BCUT2D eigenvalue weighted by atomic mass is 32.1. The van der Waals surface area contributed by atoms with Crippen LogP contribution < -0.4 is 0 Å². The topological polar surface area (TPSA) is 51.6 Å². The van der Waals surface area contributed by atoms with Crippen LogP contribution >= 0.6 is 11.3 Å². The molecule has 11 aromatic rings. The first-order valence-corrected chi connectivity index (χ1v) is 19.9. The summed E-state index contributed by atoms with van der Waals surface area (Å²) in [6.45, 7) is 0. The van der Waals surface area contributed by atoms with Gasteiger partial charge in [-0.1, -0.05) is 158 Å². The molecule has 0 unspecified atom stereocenters. The van der Waals surface area contributed by atoms with Crippen molar-refractivity contribution < 1.29 is 0 Å². The van der Waals surface area contributed by atoms with E-state index in [0.717, 1.165) is 61.1 Å². The Balaban J connectivity index is 1.20. The number of fused-ring (bicyclic) bond motifs is 6. The lowest BCUT2D eigenvalue weighted by atomic mass is 9.93. The monoisotopic (exact) mass is 744 g/mol. The van der Waals surface area contributed by atoms with Crippen molar-refractivity contribution in [2.24, 2.45) is 0 Å². The van der Waals surface area contributed by atoms with Crippen molar-refractivity contribution in [3.63, 3.8) is 0 Å². The van der Waals surface area contributed by atoms with Crippen LogP contribution in [0.4, 0.5) is 0 Å². The van der Waals surface area contributed by atoms with Gasteiger partial charge < -0.3 is 0 Å². The van der Waals surface area contributed by atoms with Gasteiger partial charge in [-0.15, -0.1) is 11.3 Å². The highest BCUT2D eigenvalue weighted by Gasteiger charge is 2.19. The SMILES string of the molecule is c1ccc(-c2nc(-c3ccccc3)nc(-c3cc(-c4cc(-c5ccccc5)c5c(ccc6ccccc65)n4)cc(-c4cccc5c4sc4ccccc45)c3)n2)cc1. The maximum absolute atomic E-state index is 5.43. The number of nitrogens with zero attached hydrogens (tertiary/aromatic N) is 4. The summed E-state index contributed by atoms with van der Waals surface area (Å²) in [5.41, 5.74) is 10.1. The molecule has 0 aliphatic rings. The lowest BCUT2D eigenvalue weighted by molar-refractivity contribution is 1.07. The first-order valence-electron chi connectivity index (χ1n) is 19.0. The van der Waals surface area contributed by atoms with Gasteiger partial charge in [0.05, 0.1) is 11.2 Å². The normalized spacial score (nSPS) is 11.5. The second kappa shape index (κ2) is 13.7. The molecule has 0 spiro atoms. The van der Waals surface area contributed by atoms with Crippen LogP contribution in [0.25, 0.3) is 110 Å². The zero-order valence-corrected chi connectivity index (χ0v) is 31.5. The van der Waals surface area contributed by atoms with E-state index in [1.54, 1.807) is 0 Å². The van der Waals surface area contributed by atoms with Crippen LogP contribution in [-0.2, 0) is 0 Å². The molecule has 3 aromatic heterocycles. The molecule has 0 saturated carbocycles. The lowest BCUT2D eigenvalue weighted by Gasteiger charge is -2.15. The van der Waals surface area contributed by atoms with Crippen LogP contribution in [0.5, 0.6) is 0 Å². The smallest absolute Gasteiger partial charge is 0.164 e. The second-order valence-electron chi connectivity index (χ2n) is 14.2. The molecular weight excluding hydrogens is 713 g/mol. The zero-order chi connectivity index (χ0) is 37.7. The molecule has 5 heteroatoms. The second-order valence-corrected chi connectivity index (χ2v) is 15.3. The minimum atomic E-state index is 0.601. The molecule has 0 aliphatic carbocycles. The van der Waals surface area contributed by atoms with Crippen LogP contribution in [-0.4, -0.2) is 19.9 Å². The van der Waals surface area contributed by atoms with Gasteiger partial charge in [-0.2, -0.15) is 0 Å². The standard InChI is InChI=1S/C52H32N4S/c1-4-15-33(16-5-1)44-32-46(53-45-28-27-34-17-10-11-22-40(34)48(44)45)38-29-37(41-24-14-25-43-42-23-12-13-26-47(42)57-49(41)43)30-39(31-38)52-55-50(35-18-6-2-7-19-35)54-51(56-52)36-20-8-3-9-21-36/h1-32H. The van der Waals surface area contributed by atoms with Gasteiger partial charge in [-0.05, 0) is 69.4 Å². The van der Waals surface area contributed by atoms with Crippen LogP contribution in [0.15, 0.2) is 194 Å². The van der Waals surface area contributed by atoms with Gasteiger partial charge in [0.1, 0.15) is 0 Å².